The molecule has 0 spiro atoms. The molecule has 0 N–H and O–H groups in total. The molecule has 8 rings (SSSR count). The van der Waals surface area contributed by atoms with Gasteiger partial charge in [-0.1, -0.05) is 121 Å². The van der Waals surface area contributed by atoms with E-state index in [4.69, 9.17) is 15.0 Å². The lowest BCUT2D eigenvalue weighted by Gasteiger charge is -2.19. The number of rotatable bonds is 5. The summed E-state index contributed by atoms with van der Waals surface area (Å²) < 4.78 is 45.5. The summed E-state index contributed by atoms with van der Waals surface area (Å²) in [5.41, 5.74) is 5.57. The highest BCUT2D eigenvalue weighted by atomic mass is 19.4. The highest BCUT2D eigenvalue weighted by Crippen LogP contribution is 2.42. The van der Waals surface area contributed by atoms with Crippen molar-refractivity contribution in [2.75, 3.05) is 0 Å². The van der Waals surface area contributed by atoms with E-state index in [0.29, 0.717) is 34.3 Å². The number of para-hydroxylation sites is 1. The summed E-state index contributed by atoms with van der Waals surface area (Å²) in [6.07, 6.45) is -4.55. The second-order valence-corrected chi connectivity index (χ2v) is 11.7. The van der Waals surface area contributed by atoms with E-state index in [9.17, 15) is 13.2 Å². The fourth-order valence-electron chi connectivity index (χ4n) is 6.33. The van der Waals surface area contributed by atoms with Gasteiger partial charge in [0.1, 0.15) is 0 Å². The van der Waals surface area contributed by atoms with Crippen molar-refractivity contribution in [3.05, 3.63) is 157 Å². The Kier molecular flexibility index (Phi) is 7.10. The molecular weight excluding hydrogens is 605 g/mol. The molecule has 232 valence electrons. The normalized spacial score (nSPS) is 11.8. The molecular formula is C41H27F3N4. The first kappa shape index (κ1) is 29.3. The van der Waals surface area contributed by atoms with Crippen LogP contribution in [-0.4, -0.2) is 19.5 Å². The molecule has 7 heteroatoms. The third-order valence-electron chi connectivity index (χ3n) is 8.55. The summed E-state index contributed by atoms with van der Waals surface area (Å²) >= 11 is 0. The molecule has 0 bridgehead atoms. The van der Waals surface area contributed by atoms with Crippen molar-refractivity contribution >= 4 is 21.8 Å². The summed E-state index contributed by atoms with van der Waals surface area (Å²) in [7, 11) is 0. The summed E-state index contributed by atoms with van der Waals surface area (Å²) in [5, 5.41) is 2.03. The number of alkyl halides is 3. The topological polar surface area (TPSA) is 43.6 Å². The molecule has 0 aliphatic carbocycles. The Labute approximate surface area is 274 Å². The van der Waals surface area contributed by atoms with Gasteiger partial charge in [0.15, 0.2) is 17.5 Å². The quantitative estimate of drug-likeness (QED) is 0.190. The fourth-order valence-corrected chi connectivity index (χ4v) is 6.33. The SMILES string of the molecule is Cc1ccc2c(c1)c1ccccc1n2-c1cc(-c2nc(-c3ccccc3)nc(-c3ccccc3)n2)ccc1-c1ccccc1C(F)(F)F. The molecule has 2 heterocycles. The molecule has 8 aromatic rings. The number of benzene rings is 6. The monoisotopic (exact) mass is 632 g/mol. The van der Waals surface area contributed by atoms with Crippen molar-refractivity contribution in [1.82, 2.24) is 19.5 Å². The first-order valence-electron chi connectivity index (χ1n) is 15.5. The van der Waals surface area contributed by atoms with Crippen LogP contribution < -0.4 is 0 Å². The number of hydrogen-bond donors (Lipinski definition) is 0. The average Bonchev–Trinajstić information content (AvgIpc) is 3.45. The highest BCUT2D eigenvalue weighted by molar-refractivity contribution is 6.10. The van der Waals surface area contributed by atoms with E-state index in [2.05, 4.69) is 6.07 Å². The number of fused-ring (bicyclic) bond motifs is 3. The third-order valence-corrected chi connectivity index (χ3v) is 8.55. The van der Waals surface area contributed by atoms with Crippen LogP contribution in [0.25, 0.3) is 72.8 Å². The number of halogens is 3. The van der Waals surface area contributed by atoms with Gasteiger partial charge < -0.3 is 4.57 Å². The van der Waals surface area contributed by atoms with Gasteiger partial charge in [-0.15, -0.1) is 0 Å². The second-order valence-electron chi connectivity index (χ2n) is 11.7. The second kappa shape index (κ2) is 11.6. The number of aromatic nitrogens is 4. The summed E-state index contributed by atoms with van der Waals surface area (Å²) in [4.78, 5) is 14.6. The standard InChI is InChI=1S/C41H27F3N4/c1-26-20-23-36-33(24-26)31-17-9-11-19-35(31)48(36)37-25-29(21-22-32(37)30-16-8-10-18-34(30)41(42,43)44)40-46-38(27-12-4-2-5-13-27)45-39(47-40)28-14-6-3-7-15-28/h2-25H,1H3. The molecule has 0 unspecified atom stereocenters. The van der Waals surface area contributed by atoms with Crippen LogP contribution in [0.1, 0.15) is 11.1 Å². The average molecular weight is 633 g/mol. The predicted octanol–water partition coefficient (Wildman–Crippen LogP) is 11.0. The van der Waals surface area contributed by atoms with Crippen molar-refractivity contribution in [3.8, 4) is 51.0 Å². The van der Waals surface area contributed by atoms with E-state index < -0.39 is 11.7 Å². The number of hydrogen-bond acceptors (Lipinski definition) is 3. The van der Waals surface area contributed by atoms with E-state index in [1.54, 1.807) is 18.2 Å². The van der Waals surface area contributed by atoms with Gasteiger partial charge in [0.25, 0.3) is 0 Å². The van der Waals surface area contributed by atoms with Gasteiger partial charge >= 0.3 is 6.18 Å². The molecule has 0 radical (unpaired) electrons. The molecule has 48 heavy (non-hydrogen) atoms. The number of aryl methyl sites for hydroxylation is 1. The first-order chi connectivity index (χ1) is 23.3. The maximum Gasteiger partial charge on any atom is 0.417 e. The van der Waals surface area contributed by atoms with Gasteiger partial charge in [-0.25, -0.2) is 15.0 Å². The molecule has 0 amide bonds. The molecule has 2 aromatic heterocycles. The lowest BCUT2D eigenvalue weighted by Crippen LogP contribution is -2.08. The van der Waals surface area contributed by atoms with Crippen LogP contribution in [0.4, 0.5) is 13.2 Å². The highest BCUT2D eigenvalue weighted by Gasteiger charge is 2.34. The zero-order valence-electron chi connectivity index (χ0n) is 25.8. The minimum absolute atomic E-state index is 0.0928. The van der Waals surface area contributed by atoms with Crippen LogP contribution in [-0.2, 0) is 6.18 Å². The number of nitrogens with zero attached hydrogens (tertiary/aromatic N) is 4. The molecule has 0 saturated heterocycles. The Bertz CT molecular complexity index is 2390. The Morgan fingerprint density at radius 2 is 1.04 bits per heavy atom. The van der Waals surface area contributed by atoms with Crippen molar-refractivity contribution in [2.45, 2.75) is 13.1 Å². The summed E-state index contributed by atoms with van der Waals surface area (Å²) in [6.45, 7) is 2.03. The van der Waals surface area contributed by atoms with Crippen LogP contribution in [0.2, 0.25) is 0 Å². The van der Waals surface area contributed by atoms with Crippen molar-refractivity contribution < 1.29 is 13.2 Å². The predicted molar refractivity (Wildman–Crippen MR) is 186 cm³/mol. The molecule has 0 fully saturated rings. The Hall–Kier alpha value is -6.08. The smallest absolute Gasteiger partial charge is 0.309 e. The molecule has 4 nitrogen and oxygen atoms in total. The van der Waals surface area contributed by atoms with Gasteiger partial charge in [0, 0.05) is 33.0 Å². The lowest BCUT2D eigenvalue weighted by molar-refractivity contribution is -0.137. The Balaban J connectivity index is 1.44. The molecule has 0 saturated carbocycles. The lowest BCUT2D eigenvalue weighted by atomic mass is 9.96. The Morgan fingerprint density at radius 1 is 0.479 bits per heavy atom. The third kappa shape index (κ3) is 5.19. The molecule has 0 aliphatic heterocycles. The van der Waals surface area contributed by atoms with Gasteiger partial charge in [0.2, 0.25) is 0 Å². The maximum atomic E-state index is 14.5. The van der Waals surface area contributed by atoms with Crippen LogP contribution in [0.15, 0.2) is 146 Å². The summed E-state index contributed by atoms with van der Waals surface area (Å²) in [6, 6.07) is 44.6. The largest absolute Gasteiger partial charge is 0.417 e. The van der Waals surface area contributed by atoms with E-state index in [-0.39, 0.29) is 5.56 Å². The first-order valence-corrected chi connectivity index (χ1v) is 15.5. The van der Waals surface area contributed by atoms with E-state index >= 15 is 0 Å². The van der Waals surface area contributed by atoms with Crippen LogP contribution in [0.5, 0.6) is 0 Å². The molecule has 6 aromatic carbocycles. The fraction of sp³-hybridized carbons (Fsp3) is 0.0488. The van der Waals surface area contributed by atoms with Crippen LogP contribution >= 0.6 is 0 Å². The van der Waals surface area contributed by atoms with Gasteiger partial charge in [-0.3, -0.25) is 0 Å². The zero-order valence-corrected chi connectivity index (χ0v) is 25.8. The van der Waals surface area contributed by atoms with Crippen LogP contribution in [0, 0.1) is 6.92 Å². The van der Waals surface area contributed by atoms with Crippen molar-refractivity contribution in [2.24, 2.45) is 0 Å². The maximum absolute atomic E-state index is 14.5. The minimum atomic E-state index is -4.55. The van der Waals surface area contributed by atoms with Gasteiger partial charge in [0.05, 0.1) is 22.3 Å². The van der Waals surface area contributed by atoms with Crippen molar-refractivity contribution in [3.63, 3.8) is 0 Å². The molecule has 0 aliphatic rings. The van der Waals surface area contributed by atoms with Gasteiger partial charge in [-0.05, 0) is 42.8 Å². The van der Waals surface area contributed by atoms with Crippen molar-refractivity contribution in [1.29, 1.82) is 0 Å². The van der Waals surface area contributed by atoms with Gasteiger partial charge in [-0.2, -0.15) is 13.2 Å². The van der Waals surface area contributed by atoms with E-state index in [1.807, 2.05) is 115 Å². The minimum Gasteiger partial charge on any atom is -0.309 e. The van der Waals surface area contributed by atoms with E-state index in [1.165, 1.54) is 12.1 Å². The van der Waals surface area contributed by atoms with Crippen LogP contribution in [0.3, 0.4) is 0 Å². The molecule has 0 atom stereocenters. The summed E-state index contributed by atoms with van der Waals surface area (Å²) in [5.74, 6) is 1.41. The van der Waals surface area contributed by atoms with E-state index in [0.717, 1.165) is 44.6 Å². The zero-order chi connectivity index (χ0) is 32.8. The Morgan fingerprint density at radius 3 is 1.71 bits per heavy atom.